The predicted octanol–water partition coefficient (Wildman–Crippen LogP) is 4.80. The van der Waals surface area contributed by atoms with E-state index < -0.39 is 6.61 Å². The molecule has 28 heavy (non-hydrogen) atoms. The zero-order chi connectivity index (χ0) is 19.8. The molecule has 144 valence electrons. The van der Waals surface area contributed by atoms with Crippen LogP contribution in [0.1, 0.15) is 21.5 Å². The van der Waals surface area contributed by atoms with Crippen molar-refractivity contribution in [1.82, 2.24) is 5.32 Å². The fraction of sp³-hybridized carbons (Fsp3) is 0.136. The van der Waals surface area contributed by atoms with Crippen molar-refractivity contribution in [2.45, 2.75) is 19.8 Å². The third kappa shape index (κ3) is 5.54. The molecule has 6 heteroatoms. The number of carbonyl (C=O) groups excluding carboxylic acids is 1. The minimum Gasteiger partial charge on any atom is -0.489 e. The van der Waals surface area contributed by atoms with E-state index >= 15 is 0 Å². The molecule has 0 aromatic heterocycles. The second-order valence-electron chi connectivity index (χ2n) is 5.96. The molecule has 0 fully saturated rings. The Morgan fingerprint density at radius 1 is 0.857 bits per heavy atom. The molecular weight excluding hydrogens is 364 g/mol. The average Bonchev–Trinajstić information content (AvgIpc) is 2.72. The summed E-state index contributed by atoms with van der Waals surface area (Å²) in [5.74, 6) is 0.567. The molecule has 0 saturated heterocycles. The molecule has 0 heterocycles. The van der Waals surface area contributed by atoms with E-state index in [9.17, 15) is 13.6 Å². The lowest BCUT2D eigenvalue weighted by molar-refractivity contribution is -0.0498. The van der Waals surface area contributed by atoms with E-state index in [1.54, 1.807) is 24.3 Å². The number of nitrogens with one attached hydrogen (secondary N) is 1. The highest BCUT2D eigenvalue weighted by Crippen LogP contribution is 2.16. The molecule has 3 rings (SSSR count). The van der Waals surface area contributed by atoms with Gasteiger partial charge in [-0.15, -0.1) is 0 Å². The first-order chi connectivity index (χ1) is 13.6. The van der Waals surface area contributed by atoms with Crippen LogP contribution in [-0.2, 0) is 13.2 Å². The number of halogens is 2. The van der Waals surface area contributed by atoms with Crippen molar-refractivity contribution in [3.63, 3.8) is 0 Å². The molecule has 0 saturated carbocycles. The van der Waals surface area contributed by atoms with Crippen molar-refractivity contribution < 1.29 is 23.0 Å². The standard InChI is InChI=1S/C22H19F2NO3/c23-22(24)28-19-12-10-16(11-13-19)14-25-21(26)20-9-5-4-6-17(20)15-27-18-7-2-1-3-8-18/h1-13,22H,14-15H2,(H,25,26). The molecule has 0 bridgehead atoms. The number of hydrogen-bond acceptors (Lipinski definition) is 3. The highest BCUT2D eigenvalue weighted by atomic mass is 19.3. The molecule has 0 aliphatic heterocycles. The summed E-state index contributed by atoms with van der Waals surface area (Å²) in [4.78, 5) is 12.6. The quantitative estimate of drug-likeness (QED) is 0.608. The van der Waals surface area contributed by atoms with Crippen LogP contribution in [0.25, 0.3) is 0 Å². The summed E-state index contributed by atoms with van der Waals surface area (Å²) in [6, 6.07) is 22.7. The lowest BCUT2D eigenvalue weighted by atomic mass is 10.1. The van der Waals surface area contributed by atoms with Gasteiger partial charge in [-0.05, 0) is 35.9 Å². The maximum absolute atomic E-state index is 12.6. The minimum atomic E-state index is -2.86. The molecule has 0 spiro atoms. The van der Waals surface area contributed by atoms with E-state index in [2.05, 4.69) is 10.1 Å². The van der Waals surface area contributed by atoms with Gasteiger partial charge in [0.1, 0.15) is 18.1 Å². The first kappa shape index (κ1) is 19.4. The Bertz CT molecular complexity index is 899. The van der Waals surface area contributed by atoms with E-state index in [1.165, 1.54) is 12.1 Å². The minimum absolute atomic E-state index is 0.0773. The summed E-state index contributed by atoms with van der Waals surface area (Å²) in [5, 5.41) is 2.83. The summed E-state index contributed by atoms with van der Waals surface area (Å²) in [6.07, 6.45) is 0. The van der Waals surface area contributed by atoms with Gasteiger partial charge in [0.2, 0.25) is 0 Å². The van der Waals surface area contributed by atoms with Crippen molar-refractivity contribution in [2.75, 3.05) is 0 Å². The number of amides is 1. The SMILES string of the molecule is O=C(NCc1ccc(OC(F)F)cc1)c1ccccc1COc1ccccc1. The normalized spacial score (nSPS) is 10.5. The van der Waals surface area contributed by atoms with Crippen molar-refractivity contribution in [3.8, 4) is 11.5 Å². The largest absolute Gasteiger partial charge is 0.489 e. The summed E-state index contributed by atoms with van der Waals surface area (Å²) in [5.41, 5.74) is 2.06. The van der Waals surface area contributed by atoms with E-state index in [0.717, 1.165) is 16.9 Å². The number of rotatable bonds is 8. The Morgan fingerprint density at radius 3 is 2.25 bits per heavy atom. The van der Waals surface area contributed by atoms with Crippen LogP contribution in [0.3, 0.4) is 0 Å². The molecule has 0 atom stereocenters. The van der Waals surface area contributed by atoms with E-state index in [1.807, 2.05) is 42.5 Å². The maximum atomic E-state index is 12.6. The second-order valence-corrected chi connectivity index (χ2v) is 5.96. The van der Waals surface area contributed by atoms with Crippen molar-refractivity contribution in [2.24, 2.45) is 0 Å². The number of para-hydroxylation sites is 1. The topological polar surface area (TPSA) is 47.6 Å². The Balaban J connectivity index is 1.59. The summed E-state index contributed by atoms with van der Waals surface area (Å²) < 4.78 is 34.4. The van der Waals surface area contributed by atoms with E-state index in [4.69, 9.17) is 4.74 Å². The van der Waals surface area contributed by atoms with Gasteiger partial charge in [-0.25, -0.2) is 0 Å². The van der Waals surface area contributed by atoms with Gasteiger partial charge in [0.15, 0.2) is 0 Å². The third-order valence-electron chi connectivity index (χ3n) is 4.00. The van der Waals surface area contributed by atoms with Crippen molar-refractivity contribution in [3.05, 3.63) is 95.6 Å². The Morgan fingerprint density at radius 2 is 1.54 bits per heavy atom. The van der Waals surface area contributed by atoms with Gasteiger partial charge < -0.3 is 14.8 Å². The molecule has 0 radical (unpaired) electrons. The third-order valence-corrected chi connectivity index (χ3v) is 4.00. The molecule has 0 aliphatic rings. The summed E-state index contributed by atoms with van der Waals surface area (Å²) >= 11 is 0. The van der Waals surface area contributed by atoms with Gasteiger partial charge in [0, 0.05) is 17.7 Å². The van der Waals surface area contributed by atoms with Crippen molar-refractivity contribution in [1.29, 1.82) is 0 Å². The van der Waals surface area contributed by atoms with Gasteiger partial charge >= 0.3 is 6.61 Å². The Labute approximate surface area is 161 Å². The predicted molar refractivity (Wildman–Crippen MR) is 101 cm³/mol. The smallest absolute Gasteiger partial charge is 0.387 e. The fourth-order valence-corrected chi connectivity index (χ4v) is 2.61. The fourth-order valence-electron chi connectivity index (χ4n) is 2.61. The Kier molecular flexibility index (Phi) is 6.57. The maximum Gasteiger partial charge on any atom is 0.387 e. The highest BCUT2D eigenvalue weighted by Gasteiger charge is 2.11. The zero-order valence-electron chi connectivity index (χ0n) is 15.0. The molecule has 0 unspecified atom stereocenters. The molecule has 3 aromatic rings. The van der Waals surface area contributed by atoms with Crippen LogP contribution in [0.4, 0.5) is 8.78 Å². The van der Waals surface area contributed by atoms with Crippen LogP contribution in [-0.4, -0.2) is 12.5 Å². The molecule has 1 N–H and O–H groups in total. The first-order valence-electron chi connectivity index (χ1n) is 8.69. The zero-order valence-corrected chi connectivity index (χ0v) is 15.0. The molecule has 4 nitrogen and oxygen atoms in total. The van der Waals surface area contributed by atoms with Gasteiger partial charge in [0.05, 0.1) is 0 Å². The summed E-state index contributed by atoms with van der Waals surface area (Å²) in [7, 11) is 0. The van der Waals surface area contributed by atoms with Crippen LogP contribution >= 0.6 is 0 Å². The number of alkyl halides is 2. The van der Waals surface area contributed by atoms with E-state index in [0.29, 0.717) is 5.56 Å². The first-order valence-corrected chi connectivity index (χ1v) is 8.69. The molecule has 3 aromatic carbocycles. The number of carbonyl (C=O) groups is 1. The van der Waals surface area contributed by atoms with Gasteiger partial charge in [0.25, 0.3) is 5.91 Å². The lowest BCUT2D eigenvalue weighted by Gasteiger charge is -2.12. The van der Waals surface area contributed by atoms with Gasteiger partial charge in [-0.1, -0.05) is 48.5 Å². The summed E-state index contributed by atoms with van der Waals surface area (Å²) in [6.45, 7) is -2.32. The van der Waals surface area contributed by atoms with Crippen LogP contribution in [0.2, 0.25) is 0 Å². The number of ether oxygens (including phenoxy) is 2. The lowest BCUT2D eigenvalue weighted by Crippen LogP contribution is -2.24. The molecule has 1 amide bonds. The Hall–Kier alpha value is -3.41. The van der Waals surface area contributed by atoms with Crippen LogP contribution < -0.4 is 14.8 Å². The number of benzene rings is 3. The van der Waals surface area contributed by atoms with Gasteiger partial charge in [-0.3, -0.25) is 4.79 Å². The van der Waals surface area contributed by atoms with Crippen LogP contribution in [0, 0.1) is 0 Å². The number of hydrogen-bond donors (Lipinski definition) is 1. The van der Waals surface area contributed by atoms with Crippen LogP contribution in [0.5, 0.6) is 11.5 Å². The monoisotopic (exact) mass is 383 g/mol. The molecular formula is C22H19F2NO3. The van der Waals surface area contributed by atoms with Crippen LogP contribution in [0.15, 0.2) is 78.9 Å². The second kappa shape index (κ2) is 9.50. The average molecular weight is 383 g/mol. The van der Waals surface area contributed by atoms with E-state index in [-0.39, 0.29) is 24.8 Å². The van der Waals surface area contributed by atoms with Crippen molar-refractivity contribution >= 4 is 5.91 Å². The highest BCUT2D eigenvalue weighted by molar-refractivity contribution is 5.95. The molecule has 0 aliphatic carbocycles. The van der Waals surface area contributed by atoms with Gasteiger partial charge in [-0.2, -0.15) is 8.78 Å².